The molecule has 1 aromatic rings. The van der Waals surface area contributed by atoms with Gasteiger partial charge >= 0.3 is 11.9 Å². The van der Waals surface area contributed by atoms with Crippen molar-refractivity contribution in [2.75, 3.05) is 18.8 Å². The molecule has 4 N–H and O–H groups in total. The highest BCUT2D eigenvalue weighted by atomic mass is 16.4. The van der Waals surface area contributed by atoms with E-state index in [-0.39, 0.29) is 0 Å². The molecule has 0 atom stereocenters. The summed E-state index contributed by atoms with van der Waals surface area (Å²) in [5.74, 6) is -3.10. The third-order valence-corrected chi connectivity index (χ3v) is 3.11. The zero-order valence-electron chi connectivity index (χ0n) is 11.9. The lowest BCUT2D eigenvalue weighted by molar-refractivity contribution is -0.151. The molecule has 0 aliphatic rings. The highest BCUT2D eigenvalue weighted by Crippen LogP contribution is 2.26. The van der Waals surface area contributed by atoms with Crippen LogP contribution >= 0.6 is 0 Å². The first kappa shape index (κ1) is 16.5. The normalized spacial score (nSPS) is 11.0. The first-order valence-electron chi connectivity index (χ1n) is 6.23. The number of carbonyl (C=O) groups is 3. The molecule has 7 nitrogen and oxygen atoms in total. The second-order valence-corrected chi connectivity index (χ2v) is 5.20. The summed E-state index contributed by atoms with van der Waals surface area (Å²) in [6, 6.07) is 6.58. The molecule has 0 radical (unpaired) electrons. The number of carboxylic acid groups (broad SMARTS) is 2. The van der Waals surface area contributed by atoms with Crippen molar-refractivity contribution < 1.29 is 24.6 Å². The largest absolute Gasteiger partial charge is 0.480 e. The Labute approximate surface area is 122 Å². The molecule has 0 aliphatic heterocycles. The van der Waals surface area contributed by atoms with Crippen LogP contribution in [-0.2, 0) is 19.8 Å². The molecular weight excluding hydrogens is 276 g/mol. The number of amides is 1. The zero-order chi connectivity index (χ0) is 16.2. The van der Waals surface area contributed by atoms with Crippen molar-refractivity contribution in [3.05, 3.63) is 29.8 Å². The Kier molecular flexibility index (Phi) is 4.91. The standard InChI is InChI=1S/C14H18N2O5/c1-14(2,9-3-5-10(15)6-4-9)13(21)16(7-11(17)18)8-12(19)20/h3-6H,7-8,15H2,1-2H3,(H,17,18)(H,19,20). The zero-order valence-corrected chi connectivity index (χ0v) is 11.9. The molecule has 1 aromatic carbocycles. The maximum absolute atomic E-state index is 12.5. The van der Waals surface area contributed by atoms with Gasteiger partial charge in [-0.1, -0.05) is 12.1 Å². The minimum Gasteiger partial charge on any atom is -0.480 e. The molecule has 0 spiro atoms. The number of carbonyl (C=O) groups excluding carboxylic acids is 1. The van der Waals surface area contributed by atoms with Gasteiger partial charge in [0.2, 0.25) is 5.91 Å². The van der Waals surface area contributed by atoms with Crippen molar-refractivity contribution in [1.29, 1.82) is 0 Å². The maximum atomic E-state index is 12.5. The fraction of sp³-hybridized carbons (Fsp3) is 0.357. The number of benzene rings is 1. The van der Waals surface area contributed by atoms with Gasteiger partial charge in [-0.2, -0.15) is 0 Å². The van der Waals surface area contributed by atoms with Gasteiger partial charge in [-0.15, -0.1) is 0 Å². The Bertz CT molecular complexity index is 535. The van der Waals surface area contributed by atoms with Crippen molar-refractivity contribution in [1.82, 2.24) is 4.90 Å². The molecule has 0 aliphatic carbocycles. The first-order valence-corrected chi connectivity index (χ1v) is 6.23. The number of carboxylic acids is 2. The Balaban J connectivity index is 3.07. The molecule has 0 heterocycles. The van der Waals surface area contributed by atoms with Crippen molar-refractivity contribution in [2.24, 2.45) is 0 Å². The molecule has 0 saturated heterocycles. The van der Waals surface area contributed by atoms with Crippen LogP contribution < -0.4 is 5.73 Å². The summed E-state index contributed by atoms with van der Waals surface area (Å²) in [6.07, 6.45) is 0. The summed E-state index contributed by atoms with van der Waals surface area (Å²) in [4.78, 5) is 34.9. The number of nitrogens with zero attached hydrogens (tertiary/aromatic N) is 1. The number of nitrogen functional groups attached to an aromatic ring is 1. The molecule has 0 aromatic heterocycles. The molecule has 0 unspecified atom stereocenters. The lowest BCUT2D eigenvalue weighted by Gasteiger charge is -2.30. The van der Waals surface area contributed by atoms with Crippen LogP contribution in [-0.4, -0.2) is 46.0 Å². The topological polar surface area (TPSA) is 121 Å². The Hall–Kier alpha value is -2.57. The first-order chi connectivity index (χ1) is 9.64. The fourth-order valence-electron chi connectivity index (χ4n) is 1.94. The van der Waals surface area contributed by atoms with Crippen LogP contribution in [0.5, 0.6) is 0 Å². The maximum Gasteiger partial charge on any atom is 0.323 e. The van der Waals surface area contributed by atoms with Crippen molar-refractivity contribution in [2.45, 2.75) is 19.3 Å². The van der Waals surface area contributed by atoms with Gasteiger partial charge in [0.1, 0.15) is 13.1 Å². The average molecular weight is 294 g/mol. The van der Waals surface area contributed by atoms with E-state index in [9.17, 15) is 14.4 Å². The van der Waals surface area contributed by atoms with E-state index in [0.717, 1.165) is 4.90 Å². The Morgan fingerprint density at radius 1 is 1.05 bits per heavy atom. The van der Waals surface area contributed by atoms with E-state index in [1.807, 2.05) is 0 Å². The van der Waals surface area contributed by atoms with Gasteiger partial charge < -0.3 is 20.8 Å². The van der Waals surface area contributed by atoms with Crippen LogP contribution in [0.1, 0.15) is 19.4 Å². The highest BCUT2D eigenvalue weighted by molar-refractivity contribution is 5.92. The molecule has 114 valence electrons. The average Bonchev–Trinajstić information content (AvgIpc) is 2.36. The quantitative estimate of drug-likeness (QED) is 0.659. The van der Waals surface area contributed by atoms with E-state index in [4.69, 9.17) is 15.9 Å². The summed E-state index contributed by atoms with van der Waals surface area (Å²) >= 11 is 0. The van der Waals surface area contributed by atoms with Crippen molar-refractivity contribution >= 4 is 23.5 Å². The lowest BCUT2D eigenvalue weighted by atomic mass is 9.83. The molecule has 1 amide bonds. The Morgan fingerprint density at radius 2 is 1.48 bits per heavy atom. The van der Waals surface area contributed by atoms with E-state index in [1.54, 1.807) is 38.1 Å². The van der Waals surface area contributed by atoms with Crippen LogP contribution in [0.3, 0.4) is 0 Å². The number of rotatable bonds is 6. The van der Waals surface area contributed by atoms with E-state index < -0.39 is 36.4 Å². The monoisotopic (exact) mass is 294 g/mol. The summed E-state index contributed by atoms with van der Waals surface area (Å²) in [5, 5.41) is 17.6. The van der Waals surface area contributed by atoms with Gasteiger partial charge in [-0.25, -0.2) is 0 Å². The predicted octanol–water partition coefficient (Wildman–Crippen LogP) is 0.544. The van der Waals surface area contributed by atoms with Gasteiger partial charge in [0.05, 0.1) is 5.41 Å². The number of hydrogen-bond acceptors (Lipinski definition) is 4. The predicted molar refractivity (Wildman–Crippen MR) is 75.7 cm³/mol. The second-order valence-electron chi connectivity index (χ2n) is 5.20. The second kappa shape index (κ2) is 6.25. The van der Waals surface area contributed by atoms with Crippen LogP contribution in [0.25, 0.3) is 0 Å². The summed E-state index contributed by atoms with van der Waals surface area (Å²) in [6.45, 7) is 1.89. The lowest BCUT2D eigenvalue weighted by Crippen LogP contribution is -2.47. The van der Waals surface area contributed by atoms with Crippen LogP contribution in [0.4, 0.5) is 5.69 Å². The minimum absolute atomic E-state index is 0.537. The van der Waals surface area contributed by atoms with Gasteiger partial charge in [0.25, 0.3) is 0 Å². The van der Waals surface area contributed by atoms with Crippen molar-refractivity contribution in [3.63, 3.8) is 0 Å². The van der Waals surface area contributed by atoms with Crippen LogP contribution in [0, 0.1) is 0 Å². The number of nitrogens with two attached hydrogens (primary N) is 1. The highest BCUT2D eigenvalue weighted by Gasteiger charge is 2.35. The molecule has 0 bridgehead atoms. The van der Waals surface area contributed by atoms with E-state index in [1.165, 1.54) is 0 Å². The molecular formula is C14H18N2O5. The van der Waals surface area contributed by atoms with Gasteiger partial charge in [-0.05, 0) is 31.5 Å². The summed E-state index contributed by atoms with van der Waals surface area (Å²) in [7, 11) is 0. The molecule has 1 rings (SSSR count). The van der Waals surface area contributed by atoms with Crippen LogP contribution in [0.15, 0.2) is 24.3 Å². The molecule has 7 heteroatoms. The number of hydrogen-bond donors (Lipinski definition) is 3. The van der Waals surface area contributed by atoms with E-state index >= 15 is 0 Å². The third-order valence-electron chi connectivity index (χ3n) is 3.11. The third kappa shape index (κ3) is 4.20. The smallest absolute Gasteiger partial charge is 0.323 e. The number of anilines is 1. The van der Waals surface area contributed by atoms with Crippen LogP contribution in [0.2, 0.25) is 0 Å². The van der Waals surface area contributed by atoms with E-state index in [0.29, 0.717) is 11.3 Å². The SMILES string of the molecule is CC(C)(C(=O)N(CC(=O)O)CC(=O)O)c1ccc(N)cc1. The fourth-order valence-corrected chi connectivity index (χ4v) is 1.94. The van der Waals surface area contributed by atoms with Crippen molar-refractivity contribution in [3.8, 4) is 0 Å². The minimum atomic E-state index is -1.27. The van der Waals surface area contributed by atoms with Gasteiger partial charge in [0.15, 0.2) is 0 Å². The van der Waals surface area contributed by atoms with E-state index in [2.05, 4.69) is 0 Å². The summed E-state index contributed by atoms with van der Waals surface area (Å²) in [5.41, 5.74) is 5.69. The molecule has 0 fully saturated rings. The van der Waals surface area contributed by atoms with Gasteiger partial charge in [-0.3, -0.25) is 14.4 Å². The number of aliphatic carboxylic acids is 2. The Morgan fingerprint density at radius 3 is 1.86 bits per heavy atom. The molecule has 0 saturated carbocycles. The van der Waals surface area contributed by atoms with Gasteiger partial charge in [0, 0.05) is 5.69 Å². The summed E-state index contributed by atoms with van der Waals surface area (Å²) < 4.78 is 0. The molecule has 21 heavy (non-hydrogen) atoms.